The minimum atomic E-state index is -2.64. The molecule has 7 N–H and O–H groups in total. The average molecular weight is 537 g/mol. The van der Waals surface area contributed by atoms with Crippen molar-refractivity contribution in [1.29, 1.82) is 0 Å². The van der Waals surface area contributed by atoms with Crippen molar-refractivity contribution >= 4 is 23.2 Å². The summed E-state index contributed by atoms with van der Waals surface area (Å²) in [4.78, 5) is 40.6. The number of nitrogens with two attached hydrogens (primary N) is 1. The molecule has 3 aliphatic rings. The molecule has 11 heteroatoms. The van der Waals surface area contributed by atoms with Gasteiger partial charge in [-0.15, -0.1) is 0 Å². The molecule has 1 unspecified atom stereocenters. The van der Waals surface area contributed by atoms with E-state index in [9.17, 15) is 34.8 Å². The maximum atomic E-state index is 13.9. The molecule has 0 aliphatic heterocycles. The van der Waals surface area contributed by atoms with Gasteiger partial charge in [0, 0.05) is 43.5 Å². The Labute approximate surface area is 224 Å². The number of aliphatic hydroxyl groups is 3. The standard InChI is InChI=1S/C28H32N4O7/c1-31(2)22-17-10-14-9-16-13(11-30-12-15-5-4-8-32(15)3)6-7-18(33)20(16)23(34)19(14)25(36)28(17,39)26(37)21(24(22)35)27(29)38/h4-8,14,17,22,30,33-34,37,39H,9-12H2,1-3H3,(H2,29,38)/t14-,17-,22?,28-/m0/s1. The van der Waals surface area contributed by atoms with Crippen molar-refractivity contribution < 1.29 is 34.8 Å². The van der Waals surface area contributed by atoms with Crippen LogP contribution in [0, 0.1) is 11.8 Å². The lowest BCUT2D eigenvalue weighted by atomic mass is 9.57. The first kappa shape index (κ1) is 26.7. The molecule has 11 nitrogen and oxygen atoms in total. The molecule has 0 radical (unpaired) electrons. The Hall–Kier alpha value is -3.93. The second-order valence-corrected chi connectivity index (χ2v) is 10.8. The molecule has 1 saturated carbocycles. The van der Waals surface area contributed by atoms with Crippen LogP contribution in [0.15, 0.2) is 47.4 Å². The van der Waals surface area contributed by atoms with E-state index in [-0.39, 0.29) is 29.7 Å². The Bertz CT molecular complexity index is 1470. The number of likely N-dealkylation sites (N-methyl/N-ethyl adjacent to an activating group) is 1. The molecule has 0 spiro atoms. The summed E-state index contributed by atoms with van der Waals surface area (Å²) in [5, 5.41) is 48.0. The predicted octanol–water partition coefficient (Wildman–Crippen LogP) is 0.592. The number of aromatic nitrogens is 1. The van der Waals surface area contributed by atoms with Crippen LogP contribution in [0.5, 0.6) is 5.75 Å². The summed E-state index contributed by atoms with van der Waals surface area (Å²) in [6.45, 7) is 1.01. The molecular formula is C28H32N4O7. The molecule has 0 bridgehead atoms. The zero-order chi connectivity index (χ0) is 28.4. The molecule has 1 heterocycles. The summed E-state index contributed by atoms with van der Waals surface area (Å²) in [5.41, 5.74) is 4.35. The van der Waals surface area contributed by atoms with Gasteiger partial charge < -0.3 is 36.0 Å². The second-order valence-electron chi connectivity index (χ2n) is 10.8. The Balaban J connectivity index is 1.58. The normalized spacial score (nSPS) is 26.5. The van der Waals surface area contributed by atoms with E-state index in [0.717, 1.165) is 11.3 Å². The SMILES string of the molecule is CN(C)C1C(=O)C(C(N)=O)=C(O)[C@@]2(O)C(=O)C3=C(O)c4c(O)ccc(CNCc5cccn5C)c4C[C@H]3C[C@@H]12. The third kappa shape index (κ3) is 3.88. The number of aliphatic hydroxyl groups excluding tert-OH is 2. The molecule has 206 valence electrons. The minimum absolute atomic E-state index is 0.0532. The topological polar surface area (TPSA) is 178 Å². The Kier molecular flexibility index (Phi) is 6.41. The number of aromatic hydroxyl groups is 1. The van der Waals surface area contributed by atoms with Gasteiger partial charge in [0.15, 0.2) is 11.4 Å². The predicted molar refractivity (Wildman–Crippen MR) is 140 cm³/mol. The number of carbonyl (C=O) groups is 3. The summed E-state index contributed by atoms with van der Waals surface area (Å²) in [7, 11) is 5.09. The number of fused-ring (bicyclic) bond motifs is 3. The third-order valence-corrected chi connectivity index (χ3v) is 8.37. The highest BCUT2D eigenvalue weighted by atomic mass is 16.3. The zero-order valence-electron chi connectivity index (χ0n) is 21.9. The molecular weight excluding hydrogens is 504 g/mol. The fourth-order valence-corrected chi connectivity index (χ4v) is 6.48. The van der Waals surface area contributed by atoms with E-state index in [1.165, 1.54) is 11.0 Å². The fraction of sp³-hybridized carbons (Fsp3) is 0.393. The van der Waals surface area contributed by atoms with Gasteiger partial charge in [-0.1, -0.05) is 6.07 Å². The van der Waals surface area contributed by atoms with Gasteiger partial charge in [0.25, 0.3) is 5.91 Å². The monoisotopic (exact) mass is 536 g/mol. The quantitative estimate of drug-likeness (QED) is 0.288. The Morgan fingerprint density at radius 1 is 1.18 bits per heavy atom. The molecule has 5 rings (SSSR count). The first-order chi connectivity index (χ1) is 18.4. The maximum absolute atomic E-state index is 13.9. The number of benzene rings is 1. The van der Waals surface area contributed by atoms with Gasteiger partial charge in [0.2, 0.25) is 5.78 Å². The van der Waals surface area contributed by atoms with Gasteiger partial charge in [0.1, 0.15) is 22.8 Å². The lowest BCUT2D eigenvalue weighted by Crippen LogP contribution is -2.65. The van der Waals surface area contributed by atoms with Crippen LogP contribution in [0.2, 0.25) is 0 Å². The number of phenolic OH excluding ortho intramolecular Hbond substituents is 1. The van der Waals surface area contributed by atoms with Crippen molar-refractivity contribution in [2.24, 2.45) is 24.6 Å². The van der Waals surface area contributed by atoms with Crippen molar-refractivity contribution in [3.05, 3.63) is 69.8 Å². The molecule has 1 fully saturated rings. The molecule has 0 saturated heterocycles. The van der Waals surface area contributed by atoms with Crippen molar-refractivity contribution in [3.63, 3.8) is 0 Å². The molecule has 4 atom stereocenters. The molecule has 39 heavy (non-hydrogen) atoms. The minimum Gasteiger partial charge on any atom is -0.508 e. The second kappa shape index (κ2) is 9.37. The van der Waals surface area contributed by atoms with Crippen LogP contribution in [-0.4, -0.2) is 73.1 Å². The first-order valence-electron chi connectivity index (χ1n) is 12.7. The van der Waals surface area contributed by atoms with Crippen LogP contribution in [-0.2, 0) is 40.9 Å². The van der Waals surface area contributed by atoms with Crippen molar-refractivity contribution in [2.45, 2.75) is 37.6 Å². The molecule has 2 aromatic rings. The number of ketones is 2. The van der Waals surface area contributed by atoms with E-state index < -0.39 is 58.0 Å². The first-order valence-corrected chi connectivity index (χ1v) is 12.7. The van der Waals surface area contributed by atoms with E-state index >= 15 is 0 Å². The van der Waals surface area contributed by atoms with Crippen LogP contribution in [0.1, 0.15) is 28.8 Å². The number of nitrogens with one attached hydrogen (secondary N) is 1. The number of carbonyl (C=O) groups excluding carboxylic acids is 3. The number of Topliss-reactive ketones (excluding diaryl/α,β-unsaturated/α-hetero) is 2. The lowest BCUT2D eigenvalue weighted by Gasteiger charge is -2.50. The van der Waals surface area contributed by atoms with Crippen molar-refractivity contribution in [1.82, 2.24) is 14.8 Å². The highest BCUT2D eigenvalue weighted by Gasteiger charge is 2.64. The van der Waals surface area contributed by atoms with Crippen LogP contribution in [0.4, 0.5) is 0 Å². The highest BCUT2D eigenvalue weighted by Crippen LogP contribution is 2.52. The summed E-state index contributed by atoms with van der Waals surface area (Å²) in [6, 6.07) is 6.02. The summed E-state index contributed by atoms with van der Waals surface area (Å²) < 4.78 is 2.00. The number of hydrogen-bond acceptors (Lipinski definition) is 9. The summed E-state index contributed by atoms with van der Waals surface area (Å²) in [5.74, 6) is -6.59. The van der Waals surface area contributed by atoms with Crippen molar-refractivity contribution in [2.75, 3.05) is 14.1 Å². The van der Waals surface area contributed by atoms with E-state index in [4.69, 9.17) is 5.73 Å². The van der Waals surface area contributed by atoms with Gasteiger partial charge in [0.05, 0.1) is 11.6 Å². The average Bonchev–Trinajstić information content (AvgIpc) is 3.26. The van der Waals surface area contributed by atoms with Crippen LogP contribution >= 0.6 is 0 Å². The summed E-state index contributed by atoms with van der Waals surface area (Å²) in [6.07, 6.45) is 2.25. The number of amides is 1. The van der Waals surface area contributed by atoms with E-state index in [1.54, 1.807) is 20.2 Å². The number of hydrogen-bond donors (Lipinski definition) is 6. The van der Waals surface area contributed by atoms with Crippen LogP contribution in [0.25, 0.3) is 5.76 Å². The number of phenols is 1. The van der Waals surface area contributed by atoms with Gasteiger partial charge >= 0.3 is 0 Å². The number of nitrogens with zero attached hydrogens (tertiary/aromatic N) is 2. The summed E-state index contributed by atoms with van der Waals surface area (Å²) >= 11 is 0. The van der Waals surface area contributed by atoms with Crippen LogP contribution in [0.3, 0.4) is 0 Å². The number of aryl methyl sites for hydroxylation is 1. The van der Waals surface area contributed by atoms with Gasteiger partial charge in [-0.25, -0.2) is 0 Å². The van der Waals surface area contributed by atoms with Crippen LogP contribution < -0.4 is 11.1 Å². The Morgan fingerprint density at radius 2 is 1.90 bits per heavy atom. The molecule has 1 amide bonds. The number of primary amides is 1. The third-order valence-electron chi connectivity index (χ3n) is 8.37. The highest BCUT2D eigenvalue weighted by molar-refractivity contribution is 6.24. The maximum Gasteiger partial charge on any atom is 0.255 e. The van der Waals surface area contributed by atoms with Crippen molar-refractivity contribution in [3.8, 4) is 5.75 Å². The van der Waals surface area contributed by atoms with Gasteiger partial charge in [-0.05, 0) is 62.2 Å². The van der Waals surface area contributed by atoms with E-state index in [1.807, 2.05) is 29.9 Å². The smallest absolute Gasteiger partial charge is 0.255 e. The van der Waals surface area contributed by atoms with E-state index in [2.05, 4.69) is 5.32 Å². The van der Waals surface area contributed by atoms with Gasteiger partial charge in [-0.3, -0.25) is 19.3 Å². The lowest BCUT2D eigenvalue weighted by molar-refractivity contribution is -0.153. The zero-order valence-corrected chi connectivity index (χ0v) is 21.9. The largest absolute Gasteiger partial charge is 0.508 e. The molecule has 1 aromatic carbocycles. The number of rotatable bonds is 6. The fourth-order valence-electron chi connectivity index (χ4n) is 6.48. The van der Waals surface area contributed by atoms with E-state index in [0.29, 0.717) is 18.7 Å². The molecule has 1 aromatic heterocycles. The molecule has 3 aliphatic carbocycles. The Morgan fingerprint density at radius 3 is 2.51 bits per heavy atom. The van der Waals surface area contributed by atoms with Gasteiger partial charge in [-0.2, -0.15) is 0 Å².